The minimum atomic E-state index is -0.721. The molecule has 0 spiro atoms. The molecule has 2 atom stereocenters. The first-order valence-electron chi connectivity index (χ1n) is 5.48. The molecule has 0 aliphatic carbocycles. The molecule has 0 radical (unpaired) electrons. The number of nitrogens with two attached hydrogens (primary N) is 1. The van der Waals surface area contributed by atoms with Crippen molar-refractivity contribution in [1.82, 2.24) is 10.1 Å². The SMILES string of the molecule is COCCOCCc1noc([C@@H](N)[C@@H](C)O)n1. The van der Waals surface area contributed by atoms with E-state index in [1.54, 1.807) is 14.0 Å². The number of aromatic nitrogens is 2. The van der Waals surface area contributed by atoms with Crippen molar-refractivity contribution in [2.24, 2.45) is 5.73 Å². The minimum Gasteiger partial charge on any atom is -0.391 e. The van der Waals surface area contributed by atoms with Gasteiger partial charge >= 0.3 is 0 Å². The molecule has 0 saturated carbocycles. The molecule has 17 heavy (non-hydrogen) atoms. The van der Waals surface area contributed by atoms with Gasteiger partial charge in [0.15, 0.2) is 5.82 Å². The van der Waals surface area contributed by atoms with E-state index in [9.17, 15) is 5.11 Å². The highest BCUT2D eigenvalue weighted by Gasteiger charge is 2.19. The minimum absolute atomic E-state index is 0.242. The van der Waals surface area contributed by atoms with Crippen LogP contribution in [0, 0.1) is 0 Å². The zero-order chi connectivity index (χ0) is 12.7. The van der Waals surface area contributed by atoms with Gasteiger partial charge in [0.05, 0.1) is 25.9 Å². The van der Waals surface area contributed by atoms with Crippen LogP contribution in [0.25, 0.3) is 0 Å². The summed E-state index contributed by atoms with van der Waals surface area (Å²) in [5.41, 5.74) is 5.65. The van der Waals surface area contributed by atoms with Gasteiger partial charge in [-0.05, 0) is 6.92 Å². The Hall–Kier alpha value is -1.02. The van der Waals surface area contributed by atoms with E-state index in [0.29, 0.717) is 32.1 Å². The van der Waals surface area contributed by atoms with Crippen LogP contribution in [0.3, 0.4) is 0 Å². The lowest BCUT2D eigenvalue weighted by Crippen LogP contribution is -2.23. The molecule has 0 bridgehead atoms. The zero-order valence-electron chi connectivity index (χ0n) is 10.1. The summed E-state index contributed by atoms with van der Waals surface area (Å²) in [6.07, 6.45) is -0.180. The Morgan fingerprint density at radius 1 is 1.41 bits per heavy atom. The van der Waals surface area contributed by atoms with Crippen molar-refractivity contribution in [2.45, 2.75) is 25.5 Å². The van der Waals surface area contributed by atoms with E-state index in [1.807, 2.05) is 0 Å². The molecule has 0 aromatic carbocycles. The lowest BCUT2D eigenvalue weighted by Gasteiger charge is -2.08. The largest absolute Gasteiger partial charge is 0.391 e. The van der Waals surface area contributed by atoms with Crippen LogP contribution in [0.2, 0.25) is 0 Å². The van der Waals surface area contributed by atoms with Crippen LogP contribution in [0.15, 0.2) is 4.52 Å². The highest BCUT2D eigenvalue weighted by molar-refractivity contribution is 4.93. The van der Waals surface area contributed by atoms with Gasteiger partial charge in [0.25, 0.3) is 0 Å². The highest BCUT2D eigenvalue weighted by atomic mass is 16.5. The molecule has 7 nitrogen and oxygen atoms in total. The van der Waals surface area contributed by atoms with Crippen LogP contribution in [0.5, 0.6) is 0 Å². The normalized spacial score (nSPS) is 14.8. The van der Waals surface area contributed by atoms with Gasteiger partial charge in [0, 0.05) is 13.5 Å². The summed E-state index contributed by atoms with van der Waals surface area (Å²) in [6.45, 7) is 3.16. The smallest absolute Gasteiger partial charge is 0.246 e. The van der Waals surface area contributed by atoms with Crippen molar-refractivity contribution in [1.29, 1.82) is 0 Å². The molecule has 0 fully saturated rings. The maximum absolute atomic E-state index is 9.27. The van der Waals surface area contributed by atoms with Crippen molar-refractivity contribution < 1.29 is 19.1 Å². The highest BCUT2D eigenvalue weighted by Crippen LogP contribution is 2.11. The summed E-state index contributed by atoms with van der Waals surface area (Å²) in [6, 6.07) is -0.648. The van der Waals surface area contributed by atoms with E-state index in [4.69, 9.17) is 19.7 Å². The summed E-state index contributed by atoms with van der Waals surface area (Å²) < 4.78 is 15.0. The monoisotopic (exact) mass is 245 g/mol. The third-order valence-electron chi connectivity index (χ3n) is 2.19. The lowest BCUT2D eigenvalue weighted by atomic mass is 10.2. The number of rotatable bonds is 8. The third kappa shape index (κ3) is 4.78. The average Bonchev–Trinajstić information content (AvgIpc) is 2.76. The first-order valence-corrected chi connectivity index (χ1v) is 5.48. The molecule has 1 aromatic rings. The van der Waals surface area contributed by atoms with E-state index >= 15 is 0 Å². The Morgan fingerprint density at radius 3 is 2.82 bits per heavy atom. The summed E-state index contributed by atoms with van der Waals surface area (Å²) in [4.78, 5) is 4.08. The van der Waals surface area contributed by atoms with Gasteiger partial charge in [0.1, 0.15) is 6.04 Å². The number of nitrogens with zero attached hydrogens (tertiary/aromatic N) is 2. The van der Waals surface area contributed by atoms with Gasteiger partial charge in [-0.3, -0.25) is 0 Å². The predicted molar refractivity (Wildman–Crippen MR) is 59.3 cm³/mol. The van der Waals surface area contributed by atoms with Crippen LogP contribution >= 0.6 is 0 Å². The molecular formula is C10H19N3O4. The molecule has 1 heterocycles. The van der Waals surface area contributed by atoms with Crippen LogP contribution in [0.4, 0.5) is 0 Å². The summed E-state index contributed by atoms with van der Waals surface area (Å²) in [5, 5.41) is 13.0. The number of aliphatic hydroxyl groups excluding tert-OH is 1. The van der Waals surface area contributed by atoms with Crippen molar-refractivity contribution in [2.75, 3.05) is 26.9 Å². The maximum atomic E-state index is 9.27. The van der Waals surface area contributed by atoms with E-state index < -0.39 is 12.1 Å². The standard InChI is InChI=1S/C10H19N3O4/c1-7(14)9(11)10-12-8(13-17-10)3-4-16-6-5-15-2/h7,9,14H,3-6,11H2,1-2H3/t7-,9+/m1/s1. The molecule has 98 valence electrons. The first-order chi connectivity index (χ1) is 8.15. The predicted octanol–water partition coefficient (Wildman–Crippen LogP) is -0.344. The molecule has 0 unspecified atom stereocenters. The van der Waals surface area contributed by atoms with E-state index in [0.717, 1.165) is 0 Å². The molecule has 0 aliphatic heterocycles. The topological polar surface area (TPSA) is 104 Å². The van der Waals surface area contributed by atoms with Crippen molar-refractivity contribution in [3.63, 3.8) is 0 Å². The number of hydrogen-bond donors (Lipinski definition) is 2. The Balaban J connectivity index is 2.31. The average molecular weight is 245 g/mol. The molecule has 7 heteroatoms. The second-order valence-corrected chi connectivity index (χ2v) is 3.67. The molecule has 1 rings (SSSR count). The number of ether oxygens (including phenoxy) is 2. The number of aliphatic hydroxyl groups is 1. The van der Waals surface area contributed by atoms with Crippen LogP contribution in [-0.2, 0) is 15.9 Å². The van der Waals surface area contributed by atoms with Crippen LogP contribution < -0.4 is 5.73 Å². The Bertz CT molecular complexity index is 316. The fourth-order valence-corrected chi connectivity index (χ4v) is 1.12. The van der Waals surface area contributed by atoms with Crippen molar-refractivity contribution >= 4 is 0 Å². The van der Waals surface area contributed by atoms with E-state index in [2.05, 4.69) is 10.1 Å². The second kappa shape index (κ2) is 7.33. The Morgan fingerprint density at radius 2 is 2.18 bits per heavy atom. The van der Waals surface area contributed by atoms with Gasteiger partial charge in [-0.25, -0.2) is 0 Å². The number of hydrogen-bond acceptors (Lipinski definition) is 7. The molecule has 0 aliphatic rings. The molecule has 0 amide bonds. The van der Waals surface area contributed by atoms with Gasteiger partial charge in [-0.15, -0.1) is 0 Å². The second-order valence-electron chi connectivity index (χ2n) is 3.67. The van der Waals surface area contributed by atoms with E-state index in [-0.39, 0.29) is 5.89 Å². The molecule has 1 aromatic heterocycles. The fraction of sp³-hybridized carbons (Fsp3) is 0.800. The number of methoxy groups -OCH3 is 1. The van der Waals surface area contributed by atoms with Gasteiger partial charge in [0.2, 0.25) is 5.89 Å². The van der Waals surface area contributed by atoms with Crippen LogP contribution in [-0.4, -0.2) is 48.3 Å². The van der Waals surface area contributed by atoms with Crippen molar-refractivity contribution in [3.8, 4) is 0 Å². The summed E-state index contributed by atoms with van der Waals surface area (Å²) in [7, 11) is 1.62. The summed E-state index contributed by atoms with van der Waals surface area (Å²) >= 11 is 0. The molecule has 3 N–H and O–H groups in total. The molecular weight excluding hydrogens is 226 g/mol. The van der Waals surface area contributed by atoms with Crippen molar-refractivity contribution in [3.05, 3.63) is 11.7 Å². The fourth-order valence-electron chi connectivity index (χ4n) is 1.12. The lowest BCUT2D eigenvalue weighted by molar-refractivity contribution is 0.0714. The Kier molecular flexibility index (Phi) is 6.06. The third-order valence-corrected chi connectivity index (χ3v) is 2.19. The Labute approximate surface area is 99.9 Å². The summed E-state index contributed by atoms with van der Waals surface area (Å²) in [5.74, 6) is 0.764. The van der Waals surface area contributed by atoms with Gasteiger partial charge in [-0.2, -0.15) is 4.98 Å². The van der Waals surface area contributed by atoms with E-state index in [1.165, 1.54) is 0 Å². The van der Waals surface area contributed by atoms with Gasteiger partial charge in [-0.1, -0.05) is 5.16 Å². The zero-order valence-corrected chi connectivity index (χ0v) is 10.1. The first kappa shape index (κ1) is 14.0. The quantitative estimate of drug-likeness (QED) is 0.603. The maximum Gasteiger partial charge on any atom is 0.246 e. The van der Waals surface area contributed by atoms with Crippen LogP contribution in [0.1, 0.15) is 24.7 Å². The van der Waals surface area contributed by atoms with Gasteiger partial charge < -0.3 is 24.8 Å². The molecule has 0 saturated heterocycles.